The summed E-state index contributed by atoms with van der Waals surface area (Å²) in [5.41, 5.74) is 1.30. The van der Waals surface area contributed by atoms with Gasteiger partial charge < -0.3 is 9.47 Å². The van der Waals surface area contributed by atoms with Gasteiger partial charge in [-0.2, -0.15) is 9.49 Å². The van der Waals surface area contributed by atoms with Crippen LogP contribution in [0.15, 0.2) is 48.1 Å². The van der Waals surface area contributed by atoms with Crippen LogP contribution in [0, 0.1) is 5.95 Å². The molecule has 0 fully saturated rings. The third-order valence-electron chi connectivity index (χ3n) is 3.92. The second-order valence-corrected chi connectivity index (χ2v) is 5.94. The van der Waals surface area contributed by atoms with Crippen LogP contribution in [0.2, 0.25) is 0 Å². The predicted octanol–water partition coefficient (Wildman–Crippen LogP) is 2.59. The fraction of sp³-hybridized carbons (Fsp3) is 0.200. The summed E-state index contributed by atoms with van der Waals surface area (Å²) in [5.74, 6) is -0.384. The molecule has 0 aliphatic heterocycles. The lowest BCUT2D eigenvalue weighted by molar-refractivity contribution is 0.0794. The van der Waals surface area contributed by atoms with Crippen LogP contribution in [-0.4, -0.2) is 57.8 Å². The molecule has 3 aromatic heterocycles. The van der Waals surface area contributed by atoms with Crippen LogP contribution in [0.1, 0.15) is 23.0 Å². The molecule has 9 nitrogen and oxygen atoms in total. The maximum atomic E-state index is 13.8. The Morgan fingerprint density at radius 1 is 1.23 bits per heavy atom. The highest BCUT2D eigenvalue weighted by Gasteiger charge is 2.15. The van der Waals surface area contributed by atoms with Gasteiger partial charge in [0, 0.05) is 24.9 Å². The molecule has 154 valence electrons. The standard InChI is InChI=1S/C20H19FN6O3/c1-4-30-18-6-5-13(8-23-18)16-11-22-12-17(26-16)20(28)27(2)25-9-14-7-15(29-3)10-24-19(14)21/h5-12H,4H2,1-3H3/b25-9+. The lowest BCUT2D eigenvalue weighted by Crippen LogP contribution is -2.23. The Morgan fingerprint density at radius 2 is 2.07 bits per heavy atom. The van der Waals surface area contributed by atoms with E-state index in [1.54, 1.807) is 18.3 Å². The van der Waals surface area contributed by atoms with Crippen LogP contribution in [-0.2, 0) is 0 Å². The molecule has 10 heteroatoms. The second-order valence-electron chi connectivity index (χ2n) is 5.94. The molecule has 0 saturated heterocycles. The lowest BCUT2D eigenvalue weighted by Gasteiger charge is -2.11. The number of ether oxygens (including phenoxy) is 2. The smallest absolute Gasteiger partial charge is 0.293 e. The van der Waals surface area contributed by atoms with Gasteiger partial charge in [-0.3, -0.25) is 9.78 Å². The second kappa shape index (κ2) is 9.50. The SMILES string of the molecule is CCOc1ccc(-c2cncc(C(=O)N(C)/N=C/c3cc(OC)cnc3F)n2)cn1. The zero-order chi connectivity index (χ0) is 21.5. The molecule has 1 amide bonds. The fourth-order valence-corrected chi connectivity index (χ4v) is 2.39. The van der Waals surface area contributed by atoms with Crippen LogP contribution in [0.4, 0.5) is 4.39 Å². The molecule has 3 aromatic rings. The van der Waals surface area contributed by atoms with Crippen LogP contribution >= 0.6 is 0 Å². The Hall–Kier alpha value is -3.95. The van der Waals surface area contributed by atoms with E-state index in [0.717, 1.165) is 5.01 Å². The first kappa shape index (κ1) is 20.8. The number of methoxy groups -OCH3 is 1. The van der Waals surface area contributed by atoms with Crippen molar-refractivity contribution in [3.63, 3.8) is 0 Å². The van der Waals surface area contributed by atoms with E-state index in [2.05, 4.69) is 25.0 Å². The molecule has 0 aromatic carbocycles. The number of aromatic nitrogens is 4. The molecule has 0 unspecified atom stereocenters. The molecule has 0 aliphatic carbocycles. The van der Waals surface area contributed by atoms with Gasteiger partial charge in [-0.25, -0.2) is 20.0 Å². The van der Waals surface area contributed by atoms with Crippen LogP contribution in [0.5, 0.6) is 11.6 Å². The summed E-state index contributed by atoms with van der Waals surface area (Å²) in [7, 11) is 2.87. The Morgan fingerprint density at radius 3 is 2.77 bits per heavy atom. The number of hydrazone groups is 1. The number of hydrogen-bond donors (Lipinski definition) is 0. The highest BCUT2D eigenvalue weighted by atomic mass is 19.1. The molecule has 0 radical (unpaired) electrons. The van der Waals surface area contributed by atoms with Crippen molar-refractivity contribution in [2.75, 3.05) is 20.8 Å². The Bertz CT molecular complexity index is 1060. The molecule has 0 N–H and O–H groups in total. The van der Waals surface area contributed by atoms with Crippen LogP contribution < -0.4 is 9.47 Å². The average molecular weight is 410 g/mol. The molecule has 3 rings (SSSR count). The molecule has 0 saturated carbocycles. The summed E-state index contributed by atoms with van der Waals surface area (Å²) in [6.45, 7) is 2.38. The third kappa shape index (κ3) is 4.90. The van der Waals surface area contributed by atoms with Gasteiger partial charge in [-0.15, -0.1) is 0 Å². The largest absolute Gasteiger partial charge is 0.495 e. The van der Waals surface area contributed by atoms with E-state index < -0.39 is 11.9 Å². The van der Waals surface area contributed by atoms with Crippen molar-refractivity contribution < 1.29 is 18.7 Å². The summed E-state index contributed by atoms with van der Waals surface area (Å²) >= 11 is 0. The first-order chi connectivity index (χ1) is 14.5. The van der Waals surface area contributed by atoms with E-state index in [1.165, 1.54) is 45.0 Å². The number of carbonyl (C=O) groups is 1. The van der Waals surface area contributed by atoms with Gasteiger partial charge in [-0.1, -0.05) is 0 Å². The van der Waals surface area contributed by atoms with E-state index in [1.807, 2.05) is 6.92 Å². The topological polar surface area (TPSA) is 103 Å². The lowest BCUT2D eigenvalue weighted by atomic mass is 10.2. The van der Waals surface area contributed by atoms with Gasteiger partial charge in [0.05, 0.1) is 49.8 Å². The van der Waals surface area contributed by atoms with E-state index in [4.69, 9.17) is 9.47 Å². The zero-order valence-electron chi connectivity index (χ0n) is 16.6. The first-order valence-electron chi connectivity index (χ1n) is 8.94. The quantitative estimate of drug-likeness (QED) is 0.335. The number of nitrogens with zero attached hydrogens (tertiary/aromatic N) is 6. The van der Waals surface area contributed by atoms with Crippen LogP contribution in [0.25, 0.3) is 11.3 Å². The molecule has 30 heavy (non-hydrogen) atoms. The van der Waals surface area contributed by atoms with Crippen molar-refractivity contribution in [2.24, 2.45) is 5.10 Å². The van der Waals surface area contributed by atoms with Crippen molar-refractivity contribution >= 4 is 12.1 Å². The molecule has 0 aliphatic rings. The zero-order valence-corrected chi connectivity index (χ0v) is 16.6. The van der Waals surface area contributed by atoms with Crippen LogP contribution in [0.3, 0.4) is 0 Å². The third-order valence-corrected chi connectivity index (χ3v) is 3.92. The molecule has 0 spiro atoms. The van der Waals surface area contributed by atoms with E-state index in [9.17, 15) is 9.18 Å². The number of hydrogen-bond acceptors (Lipinski definition) is 8. The van der Waals surface area contributed by atoms with Gasteiger partial charge >= 0.3 is 0 Å². The number of halogens is 1. The molecular formula is C20H19FN6O3. The van der Waals surface area contributed by atoms with Gasteiger partial charge in [0.25, 0.3) is 5.91 Å². The molecular weight excluding hydrogens is 391 g/mol. The summed E-state index contributed by atoms with van der Waals surface area (Å²) in [6.07, 6.45) is 6.86. The number of amides is 1. The van der Waals surface area contributed by atoms with Gasteiger partial charge in [0.2, 0.25) is 11.8 Å². The van der Waals surface area contributed by atoms with E-state index in [0.29, 0.717) is 29.5 Å². The predicted molar refractivity (Wildman–Crippen MR) is 107 cm³/mol. The van der Waals surface area contributed by atoms with Gasteiger partial charge in [-0.05, 0) is 19.1 Å². The summed E-state index contributed by atoms with van der Waals surface area (Å²) < 4.78 is 24.1. The molecule has 0 bridgehead atoms. The minimum atomic E-state index is -0.731. The van der Waals surface area contributed by atoms with E-state index >= 15 is 0 Å². The Labute approximate surface area is 172 Å². The van der Waals surface area contributed by atoms with Crippen molar-refractivity contribution in [3.05, 3.63) is 60.2 Å². The van der Waals surface area contributed by atoms with Gasteiger partial charge in [0.1, 0.15) is 11.4 Å². The minimum Gasteiger partial charge on any atom is -0.495 e. The summed E-state index contributed by atoms with van der Waals surface area (Å²) in [4.78, 5) is 28.8. The van der Waals surface area contributed by atoms with Crippen molar-refractivity contribution in [3.8, 4) is 22.9 Å². The Balaban J connectivity index is 1.77. The highest BCUT2D eigenvalue weighted by molar-refractivity contribution is 5.93. The number of carbonyl (C=O) groups excluding carboxylic acids is 1. The Kier molecular flexibility index (Phi) is 6.58. The number of pyridine rings is 2. The molecule has 0 atom stereocenters. The fourth-order valence-electron chi connectivity index (χ4n) is 2.39. The van der Waals surface area contributed by atoms with Crippen molar-refractivity contribution in [1.29, 1.82) is 0 Å². The average Bonchev–Trinajstić information content (AvgIpc) is 2.78. The summed E-state index contributed by atoms with van der Waals surface area (Å²) in [5, 5.41) is 5.00. The van der Waals surface area contributed by atoms with Gasteiger partial charge in [0.15, 0.2) is 0 Å². The summed E-state index contributed by atoms with van der Waals surface area (Å²) in [6, 6.07) is 4.91. The van der Waals surface area contributed by atoms with Crippen molar-refractivity contribution in [1.82, 2.24) is 24.9 Å². The monoisotopic (exact) mass is 410 g/mol. The number of rotatable bonds is 7. The highest BCUT2D eigenvalue weighted by Crippen LogP contribution is 2.18. The van der Waals surface area contributed by atoms with E-state index in [-0.39, 0.29) is 11.3 Å². The molecule has 3 heterocycles. The normalized spacial score (nSPS) is 10.8. The maximum Gasteiger partial charge on any atom is 0.293 e. The van der Waals surface area contributed by atoms with Crippen molar-refractivity contribution in [2.45, 2.75) is 6.92 Å². The minimum absolute atomic E-state index is 0.0743. The maximum absolute atomic E-state index is 13.8. The first-order valence-corrected chi connectivity index (χ1v) is 8.94.